The molecule has 0 unspecified atom stereocenters. The highest BCUT2D eigenvalue weighted by Crippen LogP contribution is 2.39. The summed E-state index contributed by atoms with van der Waals surface area (Å²) in [5.74, 6) is 0. The molecule has 0 saturated heterocycles. The van der Waals surface area contributed by atoms with Gasteiger partial charge >= 0.3 is 0 Å². The van der Waals surface area contributed by atoms with E-state index in [4.69, 9.17) is 4.42 Å². The first kappa shape index (κ1) is 22.2. The Hall–Kier alpha value is -4.30. The number of para-hydroxylation sites is 1. The lowest BCUT2D eigenvalue weighted by molar-refractivity contribution is 0.590. The molecule has 6 rings (SSSR count). The number of nitrogens with one attached hydrogen (secondary N) is 1. The van der Waals surface area contributed by atoms with Crippen molar-refractivity contribution >= 4 is 33.3 Å². The number of benzene rings is 5. The van der Waals surface area contributed by atoms with Gasteiger partial charge in [0.15, 0.2) is 0 Å². The van der Waals surface area contributed by atoms with Gasteiger partial charge in [0.05, 0.1) is 11.1 Å². The first-order chi connectivity index (χ1) is 17.5. The normalized spacial score (nSPS) is 11.8. The molecular weight excluding hydrogens is 438 g/mol. The van der Waals surface area contributed by atoms with Crippen LogP contribution in [0.1, 0.15) is 26.3 Å². The smallest absolute Gasteiger partial charge is 0.137 e. The molecule has 0 bridgehead atoms. The Morgan fingerprint density at radius 2 is 1.25 bits per heavy atom. The summed E-state index contributed by atoms with van der Waals surface area (Å²) < 4.78 is 6.24. The topological polar surface area (TPSA) is 25.2 Å². The van der Waals surface area contributed by atoms with Gasteiger partial charge in [-0.2, -0.15) is 0 Å². The molecule has 0 radical (unpaired) electrons. The van der Waals surface area contributed by atoms with Gasteiger partial charge in [0.25, 0.3) is 0 Å². The van der Waals surface area contributed by atoms with Crippen molar-refractivity contribution in [1.82, 2.24) is 0 Å². The molecule has 0 atom stereocenters. The average molecular weight is 468 g/mol. The summed E-state index contributed by atoms with van der Waals surface area (Å²) in [5.41, 5.74) is 10.1. The Bertz CT molecular complexity index is 1670. The molecule has 0 saturated carbocycles. The lowest BCUT2D eigenvalue weighted by atomic mass is 9.86. The van der Waals surface area contributed by atoms with Gasteiger partial charge in [0.2, 0.25) is 0 Å². The van der Waals surface area contributed by atoms with E-state index >= 15 is 0 Å². The molecule has 0 spiro atoms. The molecule has 36 heavy (non-hydrogen) atoms. The van der Waals surface area contributed by atoms with E-state index in [0.29, 0.717) is 0 Å². The molecule has 1 N–H and O–H groups in total. The summed E-state index contributed by atoms with van der Waals surface area (Å²) in [6, 6.07) is 40.6. The van der Waals surface area contributed by atoms with E-state index in [1.165, 1.54) is 27.8 Å². The lowest BCUT2D eigenvalue weighted by Gasteiger charge is -2.20. The van der Waals surface area contributed by atoms with Crippen LogP contribution in [0.4, 0.5) is 11.4 Å². The van der Waals surface area contributed by atoms with Crippen LogP contribution < -0.4 is 5.32 Å². The highest BCUT2D eigenvalue weighted by molar-refractivity contribution is 6.13. The number of hydrogen-bond acceptors (Lipinski definition) is 2. The van der Waals surface area contributed by atoms with Gasteiger partial charge in [-0.25, -0.2) is 0 Å². The molecule has 2 nitrogen and oxygen atoms in total. The zero-order valence-electron chi connectivity index (χ0n) is 20.9. The van der Waals surface area contributed by atoms with Gasteiger partial charge in [0.1, 0.15) is 11.2 Å². The Labute approximate surface area is 212 Å². The third-order valence-electron chi connectivity index (χ3n) is 6.86. The summed E-state index contributed by atoms with van der Waals surface area (Å²) in [4.78, 5) is 0. The highest BCUT2D eigenvalue weighted by Gasteiger charge is 2.16. The Morgan fingerprint density at radius 3 is 2.03 bits per heavy atom. The molecule has 1 heterocycles. The zero-order valence-corrected chi connectivity index (χ0v) is 20.9. The minimum atomic E-state index is 0.132. The van der Waals surface area contributed by atoms with Crippen molar-refractivity contribution in [2.45, 2.75) is 26.2 Å². The highest BCUT2D eigenvalue weighted by atomic mass is 16.3. The maximum atomic E-state index is 6.24. The second kappa shape index (κ2) is 8.73. The van der Waals surface area contributed by atoms with E-state index in [1.54, 1.807) is 0 Å². The monoisotopic (exact) mass is 467 g/mol. The third kappa shape index (κ3) is 4.05. The second-order valence-corrected chi connectivity index (χ2v) is 10.4. The number of furan rings is 1. The van der Waals surface area contributed by atoms with Crippen LogP contribution in [0.5, 0.6) is 0 Å². The third-order valence-corrected chi connectivity index (χ3v) is 6.86. The molecular formula is C34H29NO. The molecule has 0 amide bonds. The van der Waals surface area contributed by atoms with E-state index in [-0.39, 0.29) is 5.41 Å². The van der Waals surface area contributed by atoms with E-state index in [0.717, 1.165) is 33.3 Å². The quantitative estimate of drug-likeness (QED) is 0.279. The van der Waals surface area contributed by atoms with Crippen molar-refractivity contribution in [2.24, 2.45) is 0 Å². The average Bonchev–Trinajstić information content (AvgIpc) is 3.28. The van der Waals surface area contributed by atoms with E-state index in [1.807, 2.05) is 18.2 Å². The molecule has 5 aromatic carbocycles. The predicted octanol–water partition coefficient (Wildman–Crippen LogP) is 9.96. The van der Waals surface area contributed by atoms with Crippen molar-refractivity contribution in [3.05, 3.63) is 121 Å². The van der Waals surface area contributed by atoms with Crippen LogP contribution in [-0.4, -0.2) is 0 Å². The van der Waals surface area contributed by atoms with E-state index in [9.17, 15) is 0 Å². The Balaban J connectivity index is 1.44. The standard InChI is InChI=1S/C34H29NO/c1-34(2,3)26-19-16-24(17-20-26)27-12-7-8-13-29(27)35-30-14-9-15-32-33(30)28-22-25(18-21-31(28)36-32)23-10-5-4-6-11-23/h4-22,35H,1-3H3. The van der Waals surface area contributed by atoms with Crippen LogP contribution in [0.2, 0.25) is 0 Å². The minimum absolute atomic E-state index is 0.132. The molecule has 0 aliphatic heterocycles. The molecule has 0 fully saturated rings. The zero-order chi connectivity index (χ0) is 24.7. The van der Waals surface area contributed by atoms with Crippen molar-refractivity contribution in [3.8, 4) is 22.3 Å². The molecule has 6 aromatic rings. The van der Waals surface area contributed by atoms with Crippen molar-refractivity contribution in [3.63, 3.8) is 0 Å². The fourth-order valence-corrected chi connectivity index (χ4v) is 4.88. The minimum Gasteiger partial charge on any atom is -0.456 e. The van der Waals surface area contributed by atoms with E-state index < -0.39 is 0 Å². The fraction of sp³-hybridized carbons (Fsp3) is 0.118. The van der Waals surface area contributed by atoms with Gasteiger partial charge < -0.3 is 9.73 Å². The van der Waals surface area contributed by atoms with Crippen LogP contribution in [0.3, 0.4) is 0 Å². The van der Waals surface area contributed by atoms with Gasteiger partial charge in [-0.3, -0.25) is 0 Å². The number of hydrogen-bond donors (Lipinski definition) is 1. The molecule has 1 aromatic heterocycles. The van der Waals surface area contributed by atoms with Crippen molar-refractivity contribution in [1.29, 1.82) is 0 Å². The van der Waals surface area contributed by atoms with Gasteiger partial charge in [-0.1, -0.05) is 106 Å². The SMILES string of the molecule is CC(C)(C)c1ccc(-c2ccccc2Nc2cccc3oc4ccc(-c5ccccc5)cc4c23)cc1. The molecule has 0 aliphatic rings. The van der Waals surface area contributed by atoms with Gasteiger partial charge in [-0.15, -0.1) is 0 Å². The first-order valence-electron chi connectivity index (χ1n) is 12.4. The van der Waals surface area contributed by atoms with Crippen molar-refractivity contribution < 1.29 is 4.42 Å². The van der Waals surface area contributed by atoms with Gasteiger partial charge in [-0.05, 0) is 58.0 Å². The summed E-state index contributed by atoms with van der Waals surface area (Å²) in [5, 5.41) is 5.95. The van der Waals surface area contributed by atoms with Crippen LogP contribution in [0.25, 0.3) is 44.2 Å². The maximum Gasteiger partial charge on any atom is 0.137 e. The van der Waals surface area contributed by atoms with Gasteiger partial charge in [0, 0.05) is 16.6 Å². The van der Waals surface area contributed by atoms with Crippen molar-refractivity contribution in [2.75, 3.05) is 5.32 Å². The van der Waals surface area contributed by atoms with Crippen LogP contribution in [-0.2, 0) is 5.41 Å². The molecule has 0 aliphatic carbocycles. The molecule has 176 valence electrons. The second-order valence-electron chi connectivity index (χ2n) is 10.4. The lowest BCUT2D eigenvalue weighted by Crippen LogP contribution is -2.10. The molecule has 2 heteroatoms. The van der Waals surface area contributed by atoms with Crippen LogP contribution in [0.15, 0.2) is 120 Å². The number of rotatable bonds is 4. The first-order valence-corrected chi connectivity index (χ1v) is 12.4. The predicted molar refractivity (Wildman–Crippen MR) is 153 cm³/mol. The largest absolute Gasteiger partial charge is 0.456 e. The fourth-order valence-electron chi connectivity index (χ4n) is 4.88. The Kier molecular flexibility index (Phi) is 5.38. The maximum absolute atomic E-state index is 6.24. The number of fused-ring (bicyclic) bond motifs is 3. The van der Waals surface area contributed by atoms with Crippen LogP contribution in [0, 0.1) is 0 Å². The summed E-state index contributed by atoms with van der Waals surface area (Å²) in [6.45, 7) is 6.74. The van der Waals surface area contributed by atoms with E-state index in [2.05, 4.69) is 123 Å². The Morgan fingerprint density at radius 1 is 0.556 bits per heavy atom. The summed E-state index contributed by atoms with van der Waals surface area (Å²) in [6.07, 6.45) is 0. The summed E-state index contributed by atoms with van der Waals surface area (Å²) >= 11 is 0. The van der Waals surface area contributed by atoms with Crippen LogP contribution >= 0.6 is 0 Å². The summed E-state index contributed by atoms with van der Waals surface area (Å²) in [7, 11) is 0. The number of anilines is 2.